The van der Waals surface area contributed by atoms with Gasteiger partial charge >= 0.3 is 5.97 Å². The number of carbonyl (C=O) groups is 3. The molecular weight excluding hydrogens is 368 g/mol. The van der Waals surface area contributed by atoms with Crippen LogP contribution in [-0.2, 0) is 19.1 Å². The van der Waals surface area contributed by atoms with Crippen molar-refractivity contribution in [2.45, 2.75) is 32.4 Å². The molecule has 2 aromatic rings. The highest BCUT2D eigenvalue weighted by molar-refractivity contribution is 6.23. The lowest BCUT2D eigenvalue weighted by atomic mass is 9.80. The fraction of sp³-hybridized carbons (Fsp3) is 0.348. The summed E-state index contributed by atoms with van der Waals surface area (Å²) in [6.07, 6.45) is 0. The maximum atomic E-state index is 13.5. The Morgan fingerprint density at radius 2 is 1.72 bits per heavy atom. The van der Waals surface area contributed by atoms with Crippen LogP contribution in [0, 0.1) is 25.7 Å². The van der Waals surface area contributed by atoms with Crippen LogP contribution in [-0.4, -0.2) is 30.4 Å². The van der Waals surface area contributed by atoms with Gasteiger partial charge in [-0.2, -0.15) is 0 Å². The number of benzene rings is 2. The lowest BCUT2D eigenvalue weighted by Crippen LogP contribution is -2.97. The highest BCUT2D eigenvalue weighted by Gasteiger charge is 2.70. The highest BCUT2D eigenvalue weighted by Crippen LogP contribution is 2.45. The third-order valence-corrected chi connectivity index (χ3v) is 6.25. The molecule has 4 rings (SSSR count). The summed E-state index contributed by atoms with van der Waals surface area (Å²) < 4.78 is 5.04. The molecule has 6 heteroatoms. The zero-order valence-electron chi connectivity index (χ0n) is 17.0. The Hall–Kier alpha value is -2.99. The molecule has 0 radical (unpaired) electrons. The number of anilines is 1. The molecule has 2 fully saturated rings. The largest absolute Gasteiger partial charge is 0.464 e. The molecule has 2 N–H and O–H groups in total. The van der Waals surface area contributed by atoms with Crippen LogP contribution in [0.3, 0.4) is 0 Å². The van der Waals surface area contributed by atoms with Gasteiger partial charge in [-0.25, -0.2) is 9.69 Å². The summed E-state index contributed by atoms with van der Waals surface area (Å²) in [5.41, 5.74) is 2.40. The number of quaternary nitrogens is 1. The number of nitrogens with zero attached hydrogens (tertiary/aromatic N) is 1. The molecule has 0 unspecified atom stereocenters. The minimum Gasteiger partial charge on any atom is -0.464 e. The predicted molar refractivity (Wildman–Crippen MR) is 107 cm³/mol. The van der Waals surface area contributed by atoms with Gasteiger partial charge in [-0.1, -0.05) is 47.5 Å². The number of ether oxygens (including phenoxy) is 1. The summed E-state index contributed by atoms with van der Waals surface area (Å²) in [4.78, 5) is 40.9. The molecule has 0 bridgehead atoms. The van der Waals surface area contributed by atoms with E-state index in [0.717, 1.165) is 16.7 Å². The van der Waals surface area contributed by atoms with Crippen molar-refractivity contribution < 1.29 is 24.4 Å². The van der Waals surface area contributed by atoms with Gasteiger partial charge in [0.1, 0.15) is 17.9 Å². The summed E-state index contributed by atoms with van der Waals surface area (Å²) in [6.45, 7) is 5.63. The number of methoxy groups -OCH3 is 1. The monoisotopic (exact) mass is 393 g/mol. The average Bonchev–Trinajstić information content (AvgIpc) is 3.16. The van der Waals surface area contributed by atoms with Crippen molar-refractivity contribution in [2.75, 3.05) is 12.0 Å². The number of amides is 2. The van der Waals surface area contributed by atoms with E-state index < -0.39 is 23.3 Å². The SMILES string of the molecule is COC(=O)[C@]1(C)[NH2+][C@H](c2cccc(C)c2)[C@H]2C(=O)N(c3ccc(C)cc3)C(=O)[C@@H]21. The Balaban J connectivity index is 1.83. The van der Waals surface area contributed by atoms with Crippen LogP contribution in [0.15, 0.2) is 48.5 Å². The normalized spacial score (nSPS) is 28.6. The Bertz CT molecular complexity index is 1000. The van der Waals surface area contributed by atoms with E-state index in [1.807, 2.05) is 55.6 Å². The van der Waals surface area contributed by atoms with Gasteiger partial charge in [0.25, 0.3) is 0 Å². The summed E-state index contributed by atoms with van der Waals surface area (Å²) >= 11 is 0. The second-order valence-corrected chi connectivity index (χ2v) is 8.23. The zero-order valence-corrected chi connectivity index (χ0v) is 17.0. The number of hydrogen-bond acceptors (Lipinski definition) is 4. The van der Waals surface area contributed by atoms with E-state index in [0.29, 0.717) is 5.69 Å². The van der Waals surface area contributed by atoms with Crippen molar-refractivity contribution in [3.8, 4) is 0 Å². The molecule has 4 atom stereocenters. The van der Waals surface area contributed by atoms with Crippen LogP contribution < -0.4 is 10.2 Å². The van der Waals surface area contributed by atoms with Gasteiger partial charge < -0.3 is 10.1 Å². The molecule has 0 aliphatic carbocycles. The number of hydrogen-bond donors (Lipinski definition) is 1. The fourth-order valence-corrected chi connectivity index (χ4v) is 4.81. The Kier molecular flexibility index (Phi) is 4.54. The van der Waals surface area contributed by atoms with Crippen LogP contribution in [0.4, 0.5) is 5.69 Å². The van der Waals surface area contributed by atoms with E-state index in [1.165, 1.54) is 12.0 Å². The van der Waals surface area contributed by atoms with E-state index in [1.54, 1.807) is 19.1 Å². The molecule has 0 saturated carbocycles. The lowest BCUT2D eigenvalue weighted by Gasteiger charge is -2.25. The maximum Gasteiger partial charge on any atom is 0.368 e. The standard InChI is InChI=1S/C23H24N2O4/c1-13-8-10-16(11-9-13)25-20(26)17-18(21(25)27)23(3,22(28)29-4)24-19(17)15-7-5-6-14(2)12-15/h5-12,17-19,24H,1-4H3/p+1/t17-,18+,19+,23+/m0/s1. The van der Waals surface area contributed by atoms with Gasteiger partial charge in [0.05, 0.1) is 12.8 Å². The molecular formula is C23H25N2O4+. The minimum atomic E-state index is -1.17. The minimum absolute atomic E-state index is 0.265. The second kappa shape index (κ2) is 6.81. The third-order valence-electron chi connectivity index (χ3n) is 6.25. The first-order valence-electron chi connectivity index (χ1n) is 9.73. The van der Waals surface area contributed by atoms with Crippen LogP contribution in [0.1, 0.15) is 29.7 Å². The maximum absolute atomic E-state index is 13.5. The van der Waals surface area contributed by atoms with Crippen LogP contribution in [0.25, 0.3) is 0 Å². The van der Waals surface area contributed by atoms with Crippen molar-refractivity contribution >= 4 is 23.5 Å². The van der Waals surface area contributed by atoms with Crippen molar-refractivity contribution in [3.63, 3.8) is 0 Å². The summed E-state index contributed by atoms with van der Waals surface area (Å²) in [5, 5.41) is 1.84. The van der Waals surface area contributed by atoms with E-state index in [2.05, 4.69) is 0 Å². The predicted octanol–water partition coefficient (Wildman–Crippen LogP) is 1.66. The summed E-state index contributed by atoms with van der Waals surface area (Å²) in [5.74, 6) is -2.51. The summed E-state index contributed by atoms with van der Waals surface area (Å²) in [6, 6.07) is 14.8. The third kappa shape index (κ3) is 2.86. The molecule has 2 heterocycles. The number of aryl methyl sites for hydroxylation is 2. The number of esters is 1. The molecule has 6 nitrogen and oxygen atoms in total. The van der Waals surface area contributed by atoms with E-state index in [9.17, 15) is 14.4 Å². The lowest BCUT2D eigenvalue weighted by molar-refractivity contribution is -0.730. The average molecular weight is 393 g/mol. The first-order valence-corrected chi connectivity index (χ1v) is 9.73. The number of imide groups is 1. The van der Waals surface area contributed by atoms with Crippen LogP contribution in [0.2, 0.25) is 0 Å². The first-order chi connectivity index (χ1) is 13.8. The van der Waals surface area contributed by atoms with Crippen LogP contribution in [0.5, 0.6) is 0 Å². The molecule has 0 spiro atoms. The van der Waals surface area contributed by atoms with Gasteiger partial charge in [0.2, 0.25) is 17.4 Å². The fourth-order valence-electron chi connectivity index (χ4n) is 4.81. The van der Waals surface area contributed by atoms with Crippen LogP contribution >= 0.6 is 0 Å². The smallest absolute Gasteiger partial charge is 0.368 e. The molecule has 0 aromatic heterocycles. The molecule has 2 aliphatic rings. The van der Waals surface area contributed by atoms with Gasteiger partial charge in [0, 0.05) is 12.5 Å². The van der Waals surface area contributed by atoms with Crippen molar-refractivity contribution in [1.29, 1.82) is 0 Å². The van der Waals surface area contributed by atoms with Crippen molar-refractivity contribution in [3.05, 3.63) is 65.2 Å². The molecule has 2 amide bonds. The van der Waals surface area contributed by atoms with Gasteiger partial charge in [-0.15, -0.1) is 0 Å². The molecule has 29 heavy (non-hydrogen) atoms. The quantitative estimate of drug-likeness (QED) is 0.635. The summed E-state index contributed by atoms with van der Waals surface area (Å²) in [7, 11) is 1.31. The second-order valence-electron chi connectivity index (χ2n) is 8.23. The first kappa shape index (κ1) is 19.3. The van der Waals surface area contributed by atoms with E-state index in [4.69, 9.17) is 4.74 Å². The molecule has 2 aromatic carbocycles. The number of carbonyl (C=O) groups excluding carboxylic acids is 3. The Labute approximate surface area is 169 Å². The Morgan fingerprint density at radius 3 is 2.34 bits per heavy atom. The van der Waals surface area contributed by atoms with E-state index in [-0.39, 0.29) is 17.9 Å². The molecule has 2 aliphatic heterocycles. The van der Waals surface area contributed by atoms with Crippen molar-refractivity contribution in [1.82, 2.24) is 0 Å². The number of fused-ring (bicyclic) bond motifs is 1. The van der Waals surface area contributed by atoms with E-state index >= 15 is 0 Å². The molecule has 2 saturated heterocycles. The zero-order chi connectivity index (χ0) is 20.9. The number of nitrogens with two attached hydrogens (primary N) is 1. The van der Waals surface area contributed by atoms with Gasteiger partial charge in [-0.05, 0) is 26.0 Å². The Morgan fingerprint density at radius 1 is 1.03 bits per heavy atom. The van der Waals surface area contributed by atoms with Gasteiger partial charge in [0.15, 0.2) is 0 Å². The van der Waals surface area contributed by atoms with Gasteiger partial charge in [-0.3, -0.25) is 9.59 Å². The topological polar surface area (TPSA) is 80.3 Å². The highest BCUT2D eigenvalue weighted by atomic mass is 16.5. The molecule has 150 valence electrons. The number of rotatable bonds is 3. The van der Waals surface area contributed by atoms with Crippen molar-refractivity contribution in [2.24, 2.45) is 11.8 Å².